The molecule has 26 heavy (non-hydrogen) atoms. The predicted molar refractivity (Wildman–Crippen MR) is 96.4 cm³/mol. The lowest BCUT2D eigenvalue weighted by Crippen LogP contribution is -2.39. The fraction of sp³-hybridized carbons (Fsp3) is 0.450. The highest BCUT2D eigenvalue weighted by molar-refractivity contribution is 5.55. The summed E-state index contributed by atoms with van der Waals surface area (Å²) in [6.45, 7) is 3.65. The van der Waals surface area contributed by atoms with Crippen molar-refractivity contribution in [3.63, 3.8) is 0 Å². The van der Waals surface area contributed by atoms with Crippen molar-refractivity contribution in [2.24, 2.45) is 0 Å². The van der Waals surface area contributed by atoms with Gasteiger partial charge in [-0.1, -0.05) is 6.07 Å². The molecule has 0 saturated carbocycles. The molecule has 1 atom stereocenters. The largest absolute Gasteiger partial charge is 0.493 e. The Hall–Kier alpha value is -2.31. The zero-order chi connectivity index (χ0) is 17.8. The highest BCUT2D eigenvalue weighted by Gasteiger charge is 2.24. The SMILES string of the molecule is COc1cc(CN2CCC[C@@H](OCc3ccccn3)C2)cc2c1OCO2. The van der Waals surface area contributed by atoms with E-state index in [0.717, 1.165) is 55.2 Å². The van der Waals surface area contributed by atoms with E-state index in [1.165, 1.54) is 0 Å². The highest BCUT2D eigenvalue weighted by Crippen LogP contribution is 2.42. The van der Waals surface area contributed by atoms with Crippen LogP contribution in [-0.4, -0.2) is 43.0 Å². The second kappa shape index (κ2) is 7.93. The van der Waals surface area contributed by atoms with Crippen molar-refractivity contribution >= 4 is 0 Å². The Bertz CT molecular complexity index is 738. The van der Waals surface area contributed by atoms with E-state index in [0.29, 0.717) is 12.4 Å². The summed E-state index contributed by atoms with van der Waals surface area (Å²) >= 11 is 0. The minimum atomic E-state index is 0.238. The van der Waals surface area contributed by atoms with Crippen molar-refractivity contribution in [1.29, 1.82) is 0 Å². The maximum Gasteiger partial charge on any atom is 0.231 e. The number of nitrogens with zero attached hydrogens (tertiary/aromatic N) is 2. The first-order valence-corrected chi connectivity index (χ1v) is 9.02. The van der Waals surface area contributed by atoms with Crippen LogP contribution in [-0.2, 0) is 17.9 Å². The van der Waals surface area contributed by atoms with Crippen LogP contribution >= 0.6 is 0 Å². The fourth-order valence-corrected chi connectivity index (χ4v) is 3.51. The molecule has 6 nitrogen and oxygen atoms in total. The third-order valence-electron chi connectivity index (χ3n) is 4.78. The smallest absolute Gasteiger partial charge is 0.231 e. The Labute approximate surface area is 153 Å². The average molecular weight is 356 g/mol. The second-order valence-electron chi connectivity index (χ2n) is 6.66. The van der Waals surface area contributed by atoms with Crippen LogP contribution in [0, 0.1) is 0 Å². The first kappa shape index (κ1) is 17.1. The number of piperidine rings is 1. The minimum absolute atomic E-state index is 0.238. The van der Waals surface area contributed by atoms with E-state index in [1.807, 2.05) is 30.3 Å². The summed E-state index contributed by atoms with van der Waals surface area (Å²) in [5.74, 6) is 2.20. The lowest BCUT2D eigenvalue weighted by molar-refractivity contribution is -0.0132. The van der Waals surface area contributed by atoms with Crippen molar-refractivity contribution in [1.82, 2.24) is 9.88 Å². The van der Waals surface area contributed by atoms with Crippen molar-refractivity contribution in [3.05, 3.63) is 47.8 Å². The molecule has 0 unspecified atom stereocenters. The van der Waals surface area contributed by atoms with Crippen LogP contribution < -0.4 is 14.2 Å². The van der Waals surface area contributed by atoms with Crippen molar-refractivity contribution in [2.75, 3.05) is 27.0 Å². The molecule has 138 valence electrons. The number of aromatic nitrogens is 1. The summed E-state index contributed by atoms with van der Waals surface area (Å²) in [4.78, 5) is 6.74. The van der Waals surface area contributed by atoms with Crippen LogP contribution in [0.15, 0.2) is 36.5 Å². The van der Waals surface area contributed by atoms with E-state index in [4.69, 9.17) is 18.9 Å². The van der Waals surface area contributed by atoms with Crippen molar-refractivity contribution in [2.45, 2.75) is 32.1 Å². The molecule has 2 aliphatic heterocycles. The normalized spacial score (nSPS) is 19.5. The zero-order valence-corrected chi connectivity index (χ0v) is 15.0. The Morgan fingerprint density at radius 2 is 2.23 bits per heavy atom. The van der Waals surface area contributed by atoms with Gasteiger partial charge in [-0.25, -0.2) is 0 Å². The molecule has 0 bridgehead atoms. The third-order valence-corrected chi connectivity index (χ3v) is 4.78. The van der Waals surface area contributed by atoms with Crippen LogP contribution in [0.3, 0.4) is 0 Å². The number of hydrogen-bond acceptors (Lipinski definition) is 6. The topological polar surface area (TPSA) is 53.1 Å². The monoisotopic (exact) mass is 356 g/mol. The Balaban J connectivity index is 1.36. The van der Waals surface area contributed by atoms with Gasteiger partial charge in [0.2, 0.25) is 12.5 Å². The molecular weight excluding hydrogens is 332 g/mol. The molecule has 0 radical (unpaired) electrons. The summed E-state index contributed by atoms with van der Waals surface area (Å²) < 4.78 is 22.5. The molecule has 0 spiro atoms. The molecule has 0 amide bonds. The second-order valence-corrected chi connectivity index (χ2v) is 6.66. The number of methoxy groups -OCH3 is 1. The first-order valence-electron chi connectivity index (χ1n) is 9.02. The number of rotatable bonds is 6. The van der Waals surface area contributed by atoms with E-state index in [2.05, 4.69) is 9.88 Å². The van der Waals surface area contributed by atoms with E-state index in [9.17, 15) is 0 Å². The van der Waals surface area contributed by atoms with E-state index in [-0.39, 0.29) is 12.9 Å². The Kier molecular flexibility index (Phi) is 5.22. The first-order chi connectivity index (χ1) is 12.8. The van der Waals surface area contributed by atoms with Crippen LogP contribution in [0.4, 0.5) is 0 Å². The number of likely N-dealkylation sites (tertiary alicyclic amines) is 1. The molecule has 6 heteroatoms. The van der Waals surface area contributed by atoms with Gasteiger partial charge < -0.3 is 18.9 Å². The van der Waals surface area contributed by atoms with Gasteiger partial charge in [0, 0.05) is 19.3 Å². The minimum Gasteiger partial charge on any atom is -0.493 e. The lowest BCUT2D eigenvalue weighted by atomic mass is 10.1. The van der Waals surface area contributed by atoms with Crippen LogP contribution in [0.1, 0.15) is 24.1 Å². The quantitative estimate of drug-likeness (QED) is 0.793. The maximum atomic E-state index is 6.08. The van der Waals surface area contributed by atoms with Gasteiger partial charge in [-0.3, -0.25) is 9.88 Å². The molecule has 4 rings (SSSR count). The third kappa shape index (κ3) is 3.92. The van der Waals surface area contributed by atoms with E-state index in [1.54, 1.807) is 13.3 Å². The van der Waals surface area contributed by atoms with Crippen LogP contribution in [0.25, 0.3) is 0 Å². The summed E-state index contributed by atoms with van der Waals surface area (Å²) in [6, 6.07) is 9.99. The molecular formula is C20H24N2O4. The van der Waals surface area contributed by atoms with Gasteiger partial charge >= 0.3 is 0 Å². The van der Waals surface area contributed by atoms with Gasteiger partial charge in [-0.2, -0.15) is 0 Å². The van der Waals surface area contributed by atoms with Gasteiger partial charge in [-0.05, 0) is 49.2 Å². The molecule has 2 aromatic rings. The average Bonchev–Trinajstić information content (AvgIpc) is 3.15. The molecule has 3 heterocycles. The van der Waals surface area contributed by atoms with E-state index >= 15 is 0 Å². The Morgan fingerprint density at radius 1 is 1.27 bits per heavy atom. The molecule has 2 aliphatic rings. The number of ether oxygens (including phenoxy) is 4. The molecule has 1 saturated heterocycles. The summed E-state index contributed by atoms with van der Waals surface area (Å²) in [5, 5.41) is 0. The number of hydrogen-bond donors (Lipinski definition) is 0. The number of fused-ring (bicyclic) bond motifs is 1. The fourth-order valence-electron chi connectivity index (χ4n) is 3.51. The number of benzene rings is 1. The highest BCUT2D eigenvalue weighted by atomic mass is 16.7. The molecule has 1 fully saturated rings. The van der Waals surface area contributed by atoms with Gasteiger partial charge in [-0.15, -0.1) is 0 Å². The van der Waals surface area contributed by atoms with Gasteiger partial charge in [0.25, 0.3) is 0 Å². The molecule has 0 N–H and O–H groups in total. The number of pyridine rings is 1. The summed E-state index contributed by atoms with van der Waals surface area (Å²) in [7, 11) is 1.66. The van der Waals surface area contributed by atoms with Gasteiger partial charge in [0.1, 0.15) is 0 Å². The molecule has 0 aliphatic carbocycles. The van der Waals surface area contributed by atoms with Gasteiger partial charge in [0.05, 0.1) is 25.5 Å². The Morgan fingerprint density at radius 3 is 3.08 bits per heavy atom. The van der Waals surface area contributed by atoms with Gasteiger partial charge in [0.15, 0.2) is 11.5 Å². The molecule has 1 aromatic carbocycles. The van der Waals surface area contributed by atoms with E-state index < -0.39 is 0 Å². The molecule has 1 aromatic heterocycles. The summed E-state index contributed by atoms with van der Waals surface area (Å²) in [5.41, 5.74) is 2.14. The summed E-state index contributed by atoms with van der Waals surface area (Å²) in [6.07, 6.45) is 4.27. The standard InChI is InChI=1S/C20H24N2O4/c1-23-18-9-15(10-19-20(18)26-14-25-19)11-22-8-4-6-17(12-22)24-13-16-5-2-3-7-21-16/h2-3,5,7,9-10,17H,4,6,8,11-14H2,1H3/t17-/m1/s1. The van der Waals surface area contributed by atoms with Crippen LogP contribution in [0.2, 0.25) is 0 Å². The van der Waals surface area contributed by atoms with Crippen LogP contribution in [0.5, 0.6) is 17.2 Å². The van der Waals surface area contributed by atoms with Crippen molar-refractivity contribution < 1.29 is 18.9 Å². The van der Waals surface area contributed by atoms with Crippen molar-refractivity contribution in [3.8, 4) is 17.2 Å². The zero-order valence-electron chi connectivity index (χ0n) is 15.0. The lowest BCUT2D eigenvalue weighted by Gasteiger charge is -2.32. The maximum absolute atomic E-state index is 6.08. The predicted octanol–water partition coefficient (Wildman–Crippen LogP) is 3.00.